The summed E-state index contributed by atoms with van der Waals surface area (Å²) < 4.78 is 5.73. The van der Waals surface area contributed by atoms with E-state index >= 15 is 0 Å². The highest BCUT2D eigenvalue weighted by molar-refractivity contribution is 9.10. The van der Waals surface area contributed by atoms with Crippen LogP contribution in [0.3, 0.4) is 0 Å². The zero-order chi connectivity index (χ0) is 10.4. The Morgan fingerprint density at radius 2 is 2.36 bits per heavy atom. The molecule has 0 saturated heterocycles. The lowest BCUT2D eigenvalue weighted by atomic mass is 10.1. The van der Waals surface area contributed by atoms with Crippen LogP contribution in [0.15, 0.2) is 22.9 Å². The molecule has 0 bridgehead atoms. The zero-order valence-electron chi connectivity index (χ0n) is 8.00. The van der Waals surface area contributed by atoms with E-state index in [0.717, 1.165) is 10.0 Å². The van der Waals surface area contributed by atoms with Crippen LogP contribution in [-0.4, -0.2) is 24.5 Å². The number of ketones is 1. The minimum absolute atomic E-state index is 0.173. The van der Waals surface area contributed by atoms with Crippen LogP contribution in [0.4, 0.5) is 0 Å². The van der Waals surface area contributed by atoms with E-state index in [9.17, 15) is 4.79 Å². The van der Waals surface area contributed by atoms with Crippen LogP contribution in [0.5, 0.6) is 0 Å². The Bertz CT molecular complexity index is 315. The molecule has 0 aliphatic carbocycles. The summed E-state index contributed by atoms with van der Waals surface area (Å²) in [6, 6.07) is 1.90. The van der Waals surface area contributed by atoms with Gasteiger partial charge in [-0.2, -0.15) is 0 Å². The minimum atomic E-state index is 0.173. The van der Waals surface area contributed by atoms with Crippen molar-refractivity contribution in [3.8, 4) is 0 Å². The molecule has 0 amide bonds. The maximum absolute atomic E-state index is 11.4. The Balaban J connectivity index is 2.47. The zero-order valence-corrected chi connectivity index (χ0v) is 9.58. The van der Waals surface area contributed by atoms with Crippen LogP contribution in [0.1, 0.15) is 12.0 Å². The Kier molecular flexibility index (Phi) is 4.76. The second-order valence-electron chi connectivity index (χ2n) is 2.97. The number of nitrogens with zero attached hydrogens (tertiary/aromatic N) is 1. The van der Waals surface area contributed by atoms with Gasteiger partial charge in [0.2, 0.25) is 0 Å². The highest BCUT2D eigenvalue weighted by atomic mass is 79.9. The minimum Gasteiger partial charge on any atom is -0.384 e. The van der Waals surface area contributed by atoms with Gasteiger partial charge in [-0.3, -0.25) is 9.78 Å². The molecule has 0 N–H and O–H groups in total. The van der Waals surface area contributed by atoms with Gasteiger partial charge in [-0.1, -0.05) is 0 Å². The molecule has 1 heterocycles. The fraction of sp³-hybridized carbons (Fsp3) is 0.400. The first-order valence-corrected chi connectivity index (χ1v) is 5.11. The molecule has 3 nitrogen and oxygen atoms in total. The maximum Gasteiger partial charge on any atom is 0.139 e. The summed E-state index contributed by atoms with van der Waals surface area (Å²) in [4.78, 5) is 15.3. The average Bonchev–Trinajstić information content (AvgIpc) is 2.15. The summed E-state index contributed by atoms with van der Waals surface area (Å²) in [5.41, 5.74) is 0.931. The first kappa shape index (κ1) is 11.3. The van der Waals surface area contributed by atoms with Crippen LogP contribution in [0.25, 0.3) is 0 Å². The molecule has 0 unspecified atom stereocenters. The number of hydrogen-bond acceptors (Lipinski definition) is 3. The summed E-state index contributed by atoms with van der Waals surface area (Å²) in [5.74, 6) is 0.173. The largest absolute Gasteiger partial charge is 0.384 e. The van der Waals surface area contributed by atoms with E-state index in [1.807, 2.05) is 6.07 Å². The van der Waals surface area contributed by atoms with Gasteiger partial charge >= 0.3 is 0 Å². The quantitative estimate of drug-likeness (QED) is 0.810. The third-order valence-electron chi connectivity index (χ3n) is 1.75. The van der Waals surface area contributed by atoms with Crippen molar-refractivity contribution in [2.24, 2.45) is 0 Å². The van der Waals surface area contributed by atoms with Crippen LogP contribution in [-0.2, 0) is 16.0 Å². The lowest BCUT2D eigenvalue weighted by Gasteiger charge is -2.00. The van der Waals surface area contributed by atoms with Crippen molar-refractivity contribution in [2.45, 2.75) is 12.8 Å². The summed E-state index contributed by atoms with van der Waals surface area (Å²) in [6.07, 6.45) is 4.29. The van der Waals surface area contributed by atoms with Gasteiger partial charge < -0.3 is 4.74 Å². The van der Waals surface area contributed by atoms with Gasteiger partial charge in [0.05, 0.1) is 6.61 Å². The van der Waals surface area contributed by atoms with Crippen molar-refractivity contribution < 1.29 is 9.53 Å². The van der Waals surface area contributed by atoms with Crippen molar-refractivity contribution in [1.29, 1.82) is 0 Å². The molecule has 0 aliphatic heterocycles. The number of methoxy groups -OCH3 is 1. The Hall–Kier alpha value is -0.740. The molecule has 0 spiro atoms. The molecular formula is C10H12BrNO2. The number of carbonyl (C=O) groups is 1. The normalized spacial score (nSPS) is 10.1. The molecule has 0 fully saturated rings. The molecule has 1 aromatic heterocycles. The number of pyridine rings is 1. The second kappa shape index (κ2) is 5.88. The standard InChI is InChI=1S/C10H12BrNO2/c1-14-3-2-10(13)5-8-4-9(11)7-12-6-8/h4,6-7H,2-3,5H2,1H3. The van der Waals surface area contributed by atoms with E-state index in [2.05, 4.69) is 20.9 Å². The van der Waals surface area contributed by atoms with Crippen LogP contribution in [0.2, 0.25) is 0 Å². The molecule has 4 heteroatoms. The molecule has 0 aliphatic rings. The van der Waals surface area contributed by atoms with Crippen molar-refractivity contribution in [1.82, 2.24) is 4.98 Å². The lowest BCUT2D eigenvalue weighted by Crippen LogP contribution is -2.06. The Labute approximate surface area is 91.6 Å². The predicted octanol–water partition coefficient (Wildman–Crippen LogP) is 1.99. The third kappa shape index (κ3) is 3.98. The number of ether oxygens (including phenoxy) is 1. The Morgan fingerprint density at radius 3 is 3.00 bits per heavy atom. The molecule has 1 rings (SSSR count). The van der Waals surface area contributed by atoms with E-state index in [-0.39, 0.29) is 5.78 Å². The summed E-state index contributed by atoms with van der Waals surface area (Å²) in [5, 5.41) is 0. The molecule has 0 atom stereocenters. The number of carbonyl (C=O) groups excluding carboxylic acids is 1. The van der Waals surface area contributed by atoms with E-state index < -0.39 is 0 Å². The summed E-state index contributed by atoms with van der Waals surface area (Å²) in [7, 11) is 1.59. The number of rotatable bonds is 5. The van der Waals surface area contributed by atoms with E-state index in [4.69, 9.17) is 4.74 Å². The van der Waals surface area contributed by atoms with Crippen molar-refractivity contribution in [3.63, 3.8) is 0 Å². The van der Waals surface area contributed by atoms with Crippen LogP contribution >= 0.6 is 15.9 Å². The van der Waals surface area contributed by atoms with Crippen molar-refractivity contribution in [2.75, 3.05) is 13.7 Å². The van der Waals surface area contributed by atoms with Gasteiger partial charge in [0.25, 0.3) is 0 Å². The van der Waals surface area contributed by atoms with Gasteiger partial charge in [0.1, 0.15) is 5.78 Å². The Morgan fingerprint density at radius 1 is 1.57 bits per heavy atom. The first-order valence-electron chi connectivity index (χ1n) is 4.32. The SMILES string of the molecule is COCCC(=O)Cc1cncc(Br)c1. The van der Waals surface area contributed by atoms with Gasteiger partial charge in [-0.25, -0.2) is 0 Å². The molecule has 1 aromatic rings. The molecule has 76 valence electrons. The van der Waals surface area contributed by atoms with Crippen molar-refractivity contribution in [3.05, 3.63) is 28.5 Å². The van der Waals surface area contributed by atoms with Gasteiger partial charge in [-0.05, 0) is 27.6 Å². The third-order valence-corrected chi connectivity index (χ3v) is 2.18. The van der Waals surface area contributed by atoms with Gasteiger partial charge in [0.15, 0.2) is 0 Å². The topological polar surface area (TPSA) is 39.2 Å². The fourth-order valence-corrected chi connectivity index (χ4v) is 1.50. The van der Waals surface area contributed by atoms with E-state index in [0.29, 0.717) is 19.4 Å². The monoisotopic (exact) mass is 257 g/mol. The number of aromatic nitrogens is 1. The molecule has 0 aromatic carbocycles. The highest BCUT2D eigenvalue weighted by Crippen LogP contribution is 2.10. The number of halogens is 1. The fourth-order valence-electron chi connectivity index (χ4n) is 1.08. The molecular weight excluding hydrogens is 246 g/mol. The van der Waals surface area contributed by atoms with Crippen LogP contribution < -0.4 is 0 Å². The second-order valence-corrected chi connectivity index (χ2v) is 3.89. The number of hydrogen-bond donors (Lipinski definition) is 0. The van der Waals surface area contributed by atoms with E-state index in [1.165, 1.54) is 0 Å². The molecule has 0 radical (unpaired) electrons. The summed E-state index contributed by atoms with van der Waals surface area (Å²) in [6.45, 7) is 0.486. The van der Waals surface area contributed by atoms with Crippen LogP contribution in [0, 0.1) is 0 Å². The lowest BCUT2D eigenvalue weighted by molar-refractivity contribution is -0.119. The van der Waals surface area contributed by atoms with Crippen molar-refractivity contribution >= 4 is 21.7 Å². The highest BCUT2D eigenvalue weighted by Gasteiger charge is 2.03. The maximum atomic E-state index is 11.4. The van der Waals surface area contributed by atoms with E-state index in [1.54, 1.807) is 19.5 Å². The first-order chi connectivity index (χ1) is 6.72. The molecule has 14 heavy (non-hydrogen) atoms. The van der Waals surface area contributed by atoms with Gasteiger partial charge in [-0.15, -0.1) is 0 Å². The van der Waals surface area contributed by atoms with Gasteiger partial charge in [0, 0.05) is 36.8 Å². The summed E-state index contributed by atoms with van der Waals surface area (Å²) >= 11 is 3.31. The number of Topliss-reactive ketones (excluding diaryl/α,β-unsaturated/α-hetero) is 1. The average molecular weight is 258 g/mol. The predicted molar refractivity (Wildman–Crippen MR) is 57.1 cm³/mol. The smallest absolute Gasteiger partial charge is 0.139 e. The molecule has 0 saturated carbocycles.